The van der Waals surface area contributed by atoms with Gasteiger partial charge in [-0.3, -0.25) is 4.98 Å². The molecule has 1 atom stereocenters. The average Bonchev–Trinajstić information content (AvgIpc) is 3.00. The minimum atomic E-state index is -0.420. The second kappa shape index (κ2) is 5.55. The number of aromatic amines is 1. The van der Waals surface area contributed by atoms with Gasteiger partial charge in [0.25, 0.3) is 0 Å². The highest BCUT2D eigenvalue weighted by molar-refractivity contribution is 9.11. The van der Waals surface area contributed by atoms with Crippen molar-refractivity contribution < 1.29 is 4.42 Å². The molecule has 0 saturated heterocycles. The molecule has 6 heteroatoms. The van der Waals surface area contributed by atoms with Crippen molar-refractivity contribution in [3.8, 4) is 0 Å². The van der Waals surface area contributed by atoms with Gasteiger partial charge in [0.1, 0.15) is 0 Å². The summed E-state index contributed by atoms with van der Waals surface area (Å²) in [6.45, 7) is 2.93. The van der Waals surface area contributed by atoms with E-state index in [-0.39, 0.29) is 6.04 Å². The summed E-state index contributed by atoms with van der Waals surface area (Å²) < 4.78 is 6.23. The standard InChI is InChI=1S/C14H13BrN2O2S/c1-2-16-13(11-5-6-12(15)20-11)8-3-4-9-10(7-8)19-14(18)17-9/h3-7,13,16H,2H2,1H3,(H,17,18). The lowest BCUT2D eigenvalue weighted by atomic mass is 10.0. The van der Waals surface area contributed by atoms with Gasteiger partial charge in [-0.15, -0.1) is 11.3 Å². The lowest BCUT2D eigenvalue weighted by Gasteiger charge is -2.16. The van der Waals surface area contributed by atoms with Crippen LogP contribution in [0.4, 0.5) is 0 Å². The molecule has 0 saturated carbocycles. The topological polar surface area (TPSA) is 58.0 Å². The third-order valence-electron chi connectivity index (χ3n) is 3.07. The molecule has 0 aliphatic heterocycles. The van der Waals surface area contributed by atoms with Gasteiger partial charge in [0, 0.05) is 4.88 Å². The third-order valence-corrected chi connectivity index (χ3v) is 4.75. The van der Waals surface area contributed by atoms with E-state index in [2.05, 4.69) is 39.2 Å². The van der Waals surface area contributed by atoms with Gasteiger partial charge < -0.3 is 9.73 Å². The van der Waals surface area contributed by atoms with Crippen molar-refractivity contribution in [2.75, 3.05) is 6.54 Å². The second-order valence-corrected chi connectivity index (χ2v) is 6.90. The van der Waals surface area contributed by atoms with E-state index < -0.39 is 5.76 Å². The average molecular weight is 353 g/mol. The van der Waals surface area contributed by atoms with Crippen molar-refractivity contribution in [3.63, 3.8) is 0 Å². The maximum Gasteiger partial charge on any atom is 0.417 e. The van der Waals surface area contributed by atoms with Gasteiger partial charge in [-0.25, -0.2) is 4.79 Å². The van der Waals surface area contributed by atoms with Crippen molar-refractivity contribution in [2.45, 2.75) is 13.0 Å². The van der Waals surface area contributed by atoms with E-state index in [0.29, 0.717) is 5.58 Å². The summed E-state index contributed by atoms with van der Waals surface area (Å²) in [5, 5.41) is 3.46. The van der Waals surface area contributed by atoms with Gasteiger partial charge in [-0.1, -0.05) is 13.0 Å². The number of benzene rings is 1. The summed E-state index contributed by atoms with van der Waals surface area (Å²) in [6, 6.07) is 10.0. The van der Waals surface area contributed by atoms with Crippen LogP contribution in [0.25, 0.3) is 11.1 Å². The summed E-state index contributed by atoms with van der Waals surface area (Å²) >= 11 is 5.19. The van der Waals surface area contributed by atoms with Crippen LogP contribution in [-0.4, -0.2) is 11.5 Å². The number of hydrogen-bond acceptors (Lipinski definition) is 4. The number of oxazole rings is 1. The van der Waals surface area contributed by atoms with E-state index in [1.807, 2.05) is 24.3 Å². The first-order valence-electron chi connectivity index (χ1n) is 6.29. The summed E-state index contributed by atoms with van der Waals surface area (Å²) in [5.41, 5.74) is 2.39. The van der Waals surface area contributed by atoms with Crippen LogP contribution in [0.2, 0.25) is 0 Å². The SMILES string of the molecule is CCNC(c1ccc2[nH]c(=O)oc2c1)c1ccc(Br)s1. The van der Waals surface area contributed by atoms with Crippen molar-refractivity contribution in [3.05, 3.63) is 55.1 Å². The number of halogens is 1. The van der Waals surface area contributed by atoms with Gasteiger partial charge in [-0.05, 0) is 52.3 Å². The third kappa shape index (κ3) is 2.59. The molecule has 0 spiro atoms. The summed E-state index contributed by atoms with van der Waals surface area (Å²) in [6.07, 6.45) is 0. The molecule has 0 aliphatic rings. The molecule has 0 radical (unpaired) electrons. The van der Waals surface area contributed by atoms with Gasteiger partial charge in [0.2, 0.25) is 0 Å². The number of rotatable bonds is 4. The first-order valence-corrected chi connectivity index (χ1v) is 7.89. The van der Waals surface area contributed by atoms with E-state index >= 15 is 0 Å². The number of fused-ring (bicyclic) bond motifs is 1. The van der Waals surface area contributed by atoms with E-state index in [4.69, 9.17) is 4.42 Å². The molecule has 104 valence electrons. The van der Waals surface area contributed by atoms with Crippen LogP contribution in [-0.2, 0) is 0 Å². The Hall–Kier alpha value is -1.37. The van der Waals surface area contributed by atoms with Crippen LogP contribution in [0.15, 0.2) is 43.3 Å². The lowest BCUT2D eigenvalue weighted by Crippen LogP contribution is -2.20. The number of thiophene rings is 1. The largest absolute Gasteiger partial charge is 0.417 e. The quantitative estimate of drug-likeness (QED) is 0.753. The Morgan fingerprint density at radius 2 is 2.25 bits per heavy atom. The molecule has 4 nitrogen and oxygen atoms in total. The zero-order valence-corrected chi connectivity index (χ0v) is 13.2. The summed E-state index contributed by atoms with van der Waals surface area (Å²) in [4.78, 5) is 15.1. The summed E-state index contributed by atoms with van der Waals surface area (Å²) in [7, 11) is 0. The Morgan fingerprint density at radius 1 is 1.40 bits per heavy atom. The normalized spacial score (nSPS) is 12.9. The van der Waals surface area contributed by atoms with Crippen LogP contribution in [0.3, 0.4) is 0 Å². The maximum absolute atomic E-state index is 11.2. The minimum absolute atomic E-state index is 0.0981. The Labute approximate surface area is 127 Å². The molecule has 0 bridgehead atoms. The first-order chi connectivity index (χ1) is 9.67. The van der Waals surface area contributed by atoms with Crippen LogP contribution in [0.1, 0.15) is 23.4 Å². The fraction of sp³-hybridized carbons (Fsp3) is 0.214. The Kier molecular flexibility index (Phi) is 3.78. The zero-order valence-electron chi connectivity index (χ0n) is 10.8. The number of hydrogen-bond donors (Lipinski definition) is 2. The molecule has 20 heavy (non-hydrogen) atoms. The highest BCUT2D eigenvalue weighted by atomic mass is 79.9. The van der Waals surface area contributed by atoms with Crippen LogP contribution >= 0.6 is 27.3 Å². The predicted octanol–water partition coefficient (Wildman–Crippen LogP) is 3.64. The maximum atomic E-state index is 11.2. The minimum Gasteiger partial charge on any atom is -0.408 e. The fourth-order valence-electron chi connectivity index (χ4n) is 2.21. The first kappa shape index (κ1) is 13.6. The lowest BCUT2D eigenvalue weighted by molar-refractivity contribution is 0.554. The van der Waals surface area contributed by atoms with Crippen LogP contribution in [0, 0.1) is 0 Å². The Balaban J connectivity index is 2.06. The molecule has 0 aliphatic carbocycles. The van der Waals surface area contributed by atoms with Crippen molar-refractivity contribution in [1.82, 2.24) is 10.3 Å². The van der Waals surface area contributed by atoms with E-state index in [9.17, 15) is 4.79 Å². The fourth-order valence-corrected chi connectivity index (χ4v) is 3.74. The van der Waals surface area contributed by atoms with Crippen LogP contribution in [0.5, 0.6) is 0 Å². The molecule has 2 N–H and O–H groups in total. The molecule has 3 aromatic rings. The van der Waals surface area contributed by atoms with Gasteiger partial charge in [0.15, 0.2) is 5.58 Å². The Bertz CT molecular complexity index is 790. The second-order valence-electron chi connectivity index (χ2n) is 4.40. The summed E-state index contributed by atoms with van der Waals surface area (Å²) in [5.74, 6) is -0.420. The van der Waals surface area contributed by atoms with Crippen molar-refractivity contribution in [2.24, 2.45) is 0 Å². The molecule has 0 amide bonds. The molecule has 2 heterocycles. The monoisotopic (exact) mass is 352 g/mol. The molecule has 1 unspecified atom stereocenters. The van der Waals surface area contributed by atoms with Crippen molar-refractivity contribution >= 4 is 38.4 Å². The van der Waals surface area contributed by atoms with Gasteiger partial charge in [0.05, 0.1) is 15.3 Å². The predicted molar refractivity (Wildman–Crippen MR) is 84.4 cm³/mol. The zero-order chi connectivity index (χ0) is 14.1. The number of nitrogens with one attached hydrogen (secondary N) is 2. The van der Waals surface area contributed by atoms with E-state index in [1.165, 1.54) is 4.88 Å². The number of aromatic nitrogens is 1. The van der Waals surface area contributed by atoms with Crippen molar-refractivity contribution in [1.29, 1.82) is 0 Å². The molecular weight excluding hydrogens is 340 g/mol. The smallest absolute Gasteiger partial charge is 0.408 e. The van der Waals surface area contributed by atoms with Gasteiger partial charge >= 0.3 is 5.76 Å². The molecule has 0 fully saturated rings. The van der Waals surface area contributed by atoms with Gasteiger partial charge in [-0.2, -0.15) is 0 Å². The molecular formula is C14H13BrN2O2S. The Morgan fingerprint density at radius 3 is 2.95 bits per heavy atom. The highest BCUT2D eigenvalue weighted by Gasteiger charge is 2.16. The van der Waals surface area contributed by atoms with E-state index in [1.54, 1.807) is 11.3 Å². The highest BCUT2D eigenvalue weighted by Crippen LogP contribution is 2.32. The molecule has 1 aromatic carbocycles. The van der Waals surface area contributed by atoms with E-state index in [0.717, 1.165) is 21.4 Å². The molecule has 2 aromatic heterocycles. The number of H-pyrrole nitrogens is 1. The molecule has 3 rings (SSSR count). The van der Waals surface area contributed by atoms with Crippen LogP contribution < -0.4 is 11.1 Å².